The van der Waals surface area contributed by atoms with Gasteiger partial charge in [0.15, 0.2) is 0 Å². The van der Waals surface area contributed by atoms with E-state index in [0.29, 0.717) is 36.9 Å². The molecule has 4 rings (SSSR count). The molecular formula is C32H42N4O8. The van der Waals surface area contributed by atoms with Crippen LogP contribution in [0.15, 0.2) is 36.4 Å². The van der Waals surface area contributed by atoms with Crippen molar-refractivity contribution >= 4 is 35.7 Å². The third kappa shape index (κ3) is 6.95. The molecule has 1 aliphatic carbocycles. The number of hydrogen-bond acceptors (Lipinski definition) is 7. The molecule has 238 valence electrons. The topological polar surface area (TPSA) is 162 Å². The average molecular weight is 611 g/mol. The van der Waals surface area contributed by atoms with Gasteiger partial charge in [-0.15, -0.1) is 0 Å². The molecule has 2 heterocycles. The highest BCUT2D eigenvalue weighted by molar-refractivity contribution is 6.21. The molecule has 3 N–H and O–H groups in total. The molecule has 0 aromatic heterocycles. The van der Waals surface area contributed by atoms with Crippen molar-refractivity contribution in [1.82, 2.24) is 20.4 Å². The van der Waals surface area contributed by atoms with E-state index in [1.807, 2.05) is 12.2 Å². The van der Waals surface area contributed by atoms with Crippen LogP contribution in [0.1, 0.15) is 86.9 Å². The van der Waals surface area contributed by atoms with Crippen molar-refractivity contribution in [3.05, 3.63) is 47.5 Å². The van der Waals surface area contributed by atoms with Gasteiger partial charge in [0.2, 0.25) is 11.8 Å². The van der Waals surface area contributed by atoms with Crippen LogP contribution in [-0.2, 0) is 19.1 Å². The first-order valence-corrected chi connectivity index (χ1v) is 15.2. The maximum Gasteiger partial charge on any atom is 0.407 e. The molecule has 2 aliphatic heterocycles. The van der Waals surface area contributed by atoms with E-state index in [2.05, 4.69) is 17.6 Å². The van der Waals surface area contributed by atoms with Gasteiger partial charge in [0.1, 0.15) is 24.2 Å². The summed E-state index contributed by atoms with van der Waals surface area (Å²) in [7, 11) is 0. The van der Waals surface area contributed by atoms with E-state index in [0.717, 1.165) is 24.2 Å². The number of nitrogens with one attached hydrogen (secondary N) is 2. The van der Waals surface area contributed by atoms with Gasteiger partial charge in [-0.05, 0) is 37.8 Å². The van der Waals surface area contributed by atoms with Crippen LogP contribution in [0.25, 0.3) is 0 Å². The number of carbonyl (C=O) groups excluding carboxylic acids is 5. The summed E-state index contributed by atoms with van der Waals surface area (Å²) in [4.78, 5) is 79.2. The number of likely N-dealkylation sites (tertiary alicyclic amines) is 1. The van der Waals surface area contributed by atoms with E-state index >= 15 is 0 Å². The molecule has 0 radical (unpaired) electrons. The number of carbonyl (C=O) groups is 6. The van der Waals surface area contributed by atoms with Crippen LogP contribution in [0.3, 0.4) is 0 Å². The zero-order chi connectivity index (χ0) is 32.2. The Labute approximate surface area is 257 Å². The van der Waals surface area contributed by atoms with Crippen molar-refractivity contribution in [3.63, 3.8) is 0 Å². The molecule has 2 fully saturated rings. The van der Waals surface area contributed by atoms with Gasteiger partial charge in [0, 0.05) is 17.9 Å². The van der Waals surface area contributed by atoms with Crippen molar-refractivity contribution in [2.24, 2.45) is 11.3 Å². The van der Waals surface area contributed by atoms with Crippen LogP contribution in [-0.4, -0.2) is 87.9 Å². The Morgan fingerprint density at radius 1 is 1.14 bits per heavy atom. The number of unbranched alkanes of at least 4 members (excludes halogenated alkanes) is 2. The van der Waals surface area contributed by atoms with E-state index in [1.165, 1.54) is 4.90 Å². The fraction of sp³-hybridized carbons (Fsp3) is 0.562. The number of imide groups is 1. The quantitative estimate of drug-likeness (QED) is 0.185. The molecule has 12 heteroatoms. The van der Waals surface area contributed by atoms with Gasteiger partial charge in [-0.3, -0.25) is 24.1 Å². The minimum atomic E-state index is -1.37. The van der Waals surface area contributed by atoms with Crippen LogP contribution in [0.5, 0.6) is 0 Å². The molecule has 12 nitrogen and oxygen atoms in total. The monoisotopic (exact) mass is 610 g/mol. The number of ether oxygens (including phenoxy) is 1. The molecule has 1 aromatic carbocycles. The largest absolute Gasteiger partial charge is 0.479 e. The lowest BCUT2D eigenvalue weighted by atomic mass is 9.88. The number of carboxylic acid groups (broad SMARTS) is 1. The zero-order valence-electron chi connectivity index (χ0n) is 25.8. The number of amides is 5. The van der Waals surface area contributed by atoms with Gasteiger partial charge in [-0.1, -0.05) is 64.8 Å². The average Bonchev–Trinajstić information content (AvgIpc) is 3.33. The number of allylic oxidation sites excluding steroid dienone is 1. The second-order valence-corrected chi connectivity index (χ2v) is 12.8. The molecule has 1 saturated heterocycles. The molecule has 0 spiro atoms. The van der Waals surface area contributed by atoms with Crippen molar-refractivity contribution in [3.8, 4) is 0 Å². The number of benzene rings is 1. The van der Waals surface area contributed by atoms with Crippen LogP contribution < -0.4 is 10.6 Å². The lowest BCUT2D eigenvalue weighted by Crippen LogP contribution is -2.54. The fourth-order valence-corrected chi connectivity index (χ4v) is 5.67. The van der Waals surface area contributed by atoms with Gasteiger partial charge in [0.05, 0.1) is 17.7 Å². The normalized spacial score (nSPS) is 23.5. The Balaban J connectivity index is 1.32. The zero-order valence-corrected chi connectivity index (χ0v) is 25.8. The van der Waals surface area contributed by atoms with Crippen molar-refractivity contribution in [2.75, 3.05) is 19.6 Å². The Kier molecular flexibility index (Phi) is 9.80. The molecule has 5 amide bonds. The number of nitrogens with zero attached hydrogens (tertiary/aromatic N) is 2. The Morgan fingerprint density at radius 3 is 2.39 bits per heavy atom. The van der Waals surface area contributed by atoms with Gasteiger partial charge in [0.25, 0.3) is 11.8 Å². The predicted molar refractivity (Wildman–Crippen MR) is 160 cm³/mol. The lowest BCUT2D eigenvalue weighted by molar-refractivity contribution is -0.145. The third-order valence-corrected chi connectivity index (χ3v) is 8.54. The highest BCUT2D eigenvalue weighted by Crippen LogP contribution is 2.45. The molecular weight excluding hydrogens is 568 g/mol. The first-order valence-electron chi connectivity index (χ1n) is 15.2. The van der Waals surface area contributed by atoms with E-state index in [9.17, 15) is 33.9 Å². The summed E-state index contributed by atoms with van der Waals surface area (Å²) in [5.41, 5.74) is -1.44. The van der Waals surface area contributed by atoms with E-state index < -0.39 is 65.3 Å². The summed E-state index contributed by atoms with van der Waals surface area (Å²) in [6.07, 6.45) is 6.11. The molecule has 0 bridgehead atoms. The van der Waals surface area contributed by atoms with Crippen molar-refractivity contribution < 1.29 is 38.6 Å². The number of fused-ring (bicyclic) bond motifs is 1. The number of hydrogen-bond donors (Lipinski definition) is 3. The smallest absolute Gasteiger partial charge is 0.407 e. The standard InChI is InChI=1S/C32H42N4O8/c1-5-6-7-8-12-20-17-32(20,29(41)42)34-26(38)23-15-11-16-35(23)25(37)18-33-30(43)44-24(31(2,3)4)19-36-27(39)21-13-9-10-14-22(21)28(36)40/h8-10,12-14,20,23-24H,5-7,11,15-19H2,1-4H3,(H,33,43)(H,34,38)(H,41,42)/b12-8-/t20?,23-,24?,32+/m0/s1. The summed E-state index contributed by atoms with van der Waals surface area (Å²) in [5.74, 6) is -3.38. The first-order chi connectivity index (χ1) is 20.8. The highest BCUT2D eigenvalue weighted by atomic mass is 16.6. The van der Waals surface area contributed by atoms with Crippen LogP contribution in [0.2, 0.25) is 0 Å². The Bertz CT molecular complexity index is 1320. The van der Waals surface area contributed by atoms with E-state index in [4.69, 9.17) is 4.74 Å². The van der Waals surface area contributed by atoms with Gasteiger partial charge < -0.3 is 25.4 Å². The summed E-state index contributed by atoms with van der Waals surface area (Å²) < 4.78 is 5.60. The minimum absolute atomic E-state index is 0.161. The second-order valence-electron chi connectivity index (χ2n) is 12.8. The number of carboxylic acids is 1. The lowest BCUT2D eigenvalue weighted by Gasteiger charge is -2.32. The Hall–Kier alpha value is -4.22. The Morgan fingerprint density at radius 2 is 1.80 bits per heavy atom. The summed E-state index contributed by atoms with van der Waals surface area (Å²) in [5, 5.41) is 15.0. The van der Waals surface area contributed by atoms with Crippen LogP contribution in [0, 0.1) is 11.3 Å². The highest BCUT2D eigenvalue weighted by Gasteiger charge is 2.61. The van der Waals surface area contributed by atoms with E-state index in [-0.39, 0.29) is 12.5 Å². The molecule has 3 aliphatic rings. The van der Waals surface area contributed by atoms with Crippen LogP contribution >= 0.6 is 0 Å². The molecule has 2 unspecified atom stereocenters. The third-order valence-electron chi connectivity index (χ3n) is 8.54. The van der Waals surface area contributed by atoms with Gasteiger partial charge >= 0.3 is 12.1 Å². The maximum absolute atomic E-state index is 13.2. The number of alkyl carbamates (subject to hydrolysis) is 1. The fourth-order valence-electron chi connectivity index (χ4n) is 5.67. The predicted octanol–water partition coefficient (Wildman–Crippen LogP) is 3.12. The van der Waals surface area contributed by atoms with Crippen molar-refractivity contribution in [2.45, 2.75) is 83.9 Å². The first kappa shape index (κ1) is 32.7. The summed E-state index contributed by atoms with van der Waals surface area (Å²) in [6, 6.07) is 5.64. The molecule has 1 saturated carbocycles. The number of aliphatic carboxylic acids is 1. The maximum atomic E-state index is 13.2. The minimum Gasteiger partial charge on any atom is -0.479 e. The molecule has 1 aromatic rings. The van der Waals surface area contributed by atoms with Crippen molar-refractivity contribution in [1.29, 1.82) is 0 Å². The van der Waals surface area contributed by atoms with Gasteiger partial charge in [-0.2, -0.15) is 0 Å². The van der Waals surface area contributed by atoms with Crippen LogP contribution in [0.4, 0.5) is 4.79 Å². The van der Waals surface area contributed by atoms with Gasteiger partial charge in [-0.25, -0.2) is 9.59 Å². The molecule has 44 heavy (non-hydrogen) atoms. The number of rotatable bonds is 12. The summed E-state index contributed by atoms with van der Waals surface area (Å²) >= 11 is 0. The van der Waals surface area contributed by atoms with E-state index in [1.54, 1.807) is 45.0 Å². The molecule has 4 atom stereocenters. The SMILES string of the molecule is CCCC/C=C\C1C[C@]1(NC(=O)[C@@H]1CCCN1C(=O)CNC(=O)OC(CN1C(=O)c2ccccc2C1=O)C(C)(C)C)C(=O)O. The second kappa shape index (κ2) is 13.2. The summed E-state index contributed by atoms with van der Waals surface area (Å²) in [6.45, 7) is 7.16.